The van der Waals surface area contributed by atoms with Crippen molar-refractivity contribution in [3.05, 3.63) is 23.9 Å². The maximum Gasteiger partial charge on any atom is 0.213 e. The van der Waals surface area contributed by atoms with Crippen LogP contribution in [0.2, 0.25) is 0 Å². The Hall–Kier alpha value is -1.13. The van der Waals surface area contributed by atoms with E-state index in [1.165, 1.54) is 19.3 Å². The number of ether oxygens (including phenoxy) is 1. The molecular formula is C14H23N3O. The van der Waals surface area contributed by atoms with Gasteiger partial charge in [-0.1, -0.05) is 6.07 Å². The molecule has 1 fully saturated rings. The molecule has 1 aliphatic rings. The lowest BCUT2D eigenvalue weighted by atomic mass is 10.1. The Morgan fingerprint density at radius 2 is 2.28 bits per heavy atom. The van der Waals surface area contributed by atoms with E-state index in [2.05, 4.69) is 28.3 Å². The largest absolute Gasteiger partial charge is 0.481 e. The Bertz CT molecular complexity index is 362. The normalized spacial score (nSPS) is 20.7. The topological polar surface area (TPSA) is 37.4 Å². The number of nitrogens with one attached hydrogen (secondary N) is 1. The van der Waals surface area contributed by atoms with Crippen LogP contribution in [0.1, 0.15) is 25.0 Å². The van der Waals surface area contributed by atoms with E-state index >= 15 is 0 Å². The summed E-state index contributed by atoms with van der Waals surface area (Å²) < 4.78 is 5.16. The van der Waals surface area contributed by atoms with Gasteiger partial charge in [0.2, 0.25) is 5.88 Å². The molecule has 1 aromatic heterocycles. The summed E-state index contributed by atoms with van der Waals surface area (Å²) in [6.07, 6.45) is 3.76. The third-order valence-electron chi connectivity index (χ3n) is 3.57. The van der Waals surface area contributed by atoms with E-state index in [0.29, 0.717) is 11.9 Å². The van der Waals surface area contributed by atoms with Crippen molar-refractivity contribution < 1.29 is 4.74 Å². The molecule has 2 rings (SSSR count). The maximum absolute atomic E-state index is 5.16. The van der Waals surface area contributed by atoms with Crippen molar-refractivity contribution in [3.63, 3.8) is 0 Å². The molecule has 1 atom stereocenters. The van der Waals surface area contributed by atoms with Crippen LogP contribution in [0, 0.1) is 0 Å². The lowest BCUT2D eigenvalue weighted by molar-refractivity contribution is 0.213. The first kappa shape index (κ1) is 13.3. The van der Waals surface area contributed by atoms with Crippen molar-refractivity contribution in [3.8, 4) is 5.88 Å². The molecule has 100 valence electrons. The molecule has 0 bridgehead atoms. The molecule has 0 radical (unpaired) electrons. The third kappa shape index (κ3) is 3.68. The second-order valence-electron chi connectivity index (χ2n) is 4.92. The molecule has 1 aromatic rings. The molecule has 1 unspecified atom stereocenters. The van der Waals surface area contributed by atoms with Crippen LogP contribution in [0.5, 0.6) is 5.88 Å². The summed E-state index contributed by atoms with van der Waals surface area (Å²) in [4.78, 5) is 6.88. The highest BCUT2D eigenvalue weighted by Crippen LogP contribution is 2.15. The predicted molar refractivity (Wildman–Crippen MR) is 72.8 cm³/mol. The van der Waals surface area contributed by atoms with Crippen molar-refractivity contribution in [2.75, 3.05) is 27.2 Å². The summed E-state index contributed by atoms with van der Waals surface area (Å²) in [5.74, 6) is 0.698. The number of methoxy groups -OCH3 is 1. The molecule has 4 heteroatoms. The first-order valence-electron chi connectivity index (χ1n) is 6.70. The average Bonchev–Trinajstić information content (AvgIpc) is 2.68. The fourth-order valence-corrected chi connectivity index (χ4v) is 2.49. The zero-order valence-corrected chi connectivity index (χ0v) is 11.4. The lowest BCUT2D eigenvalue weighted by Crippen LogP contribution is -2.32. The van der Waals surface area contributed by atoms with Gasteiger partial charge in [-0.05, 0) is 45.5 Å². The van der Waals surface area contributed by atoms with Gasteiger partial charge in [0.15, 0.2) is 0 Å². The Balaban J connectivity index is 1.94. The highest BCUT2D eigenvalue weighted by atomic mass is 16.5. The van der Waals surface area contributed by atoms with Gasteiger partial charge in [0.25, 0.3) is 0 Å². The molecule has 0 saturated carbocycles. The van der Waals surface area contributed by atoms with Crippen LogP contribution in [0.3, 0.4) is 0 Å². The number of pyridine rings is 1. The van der Waals surface area contributed by atoms with Gasteiger partial charge < -0.3 is 10.1 Å². The number of rotatable bonds is 4. The summed E-state index contributed by atoms with van der Waals surface area (Å²) in [5, 5.41) is 3.45. The molecule has 0 aromatic carbocycles. The smallest absolute Gasteiger partial charge is 0.213 e. The van der Waals surface area contributed by atoms with Crippen molar-refractivity contribution in [2.24, 2.45) is 0 Å². The summed E-state index contributed by atoms with van der Waals surface area (Å²) in [7, 11) is 3.85. The summed E-state index contributed by atoms with van der Waals surface area (Å²) in [6.45, 7) is 3.17. The first-order chi connectivity index (χ1) is 8.79. The van der Waals surface area contributed by atoms with Gasteiger partial charge in [-0.2, -0.15) is 0 Å². The Kier molecular flexibility index (Phi) is 4.96. The van der Waals surface area contributed by atoms with Gasteiger partial charge in [0.1, 0.15) is 0 Å². The standard InChI is InChI=1S/C14H23N3O/c1-17(13-6-4-9-15-10-8-13)11-12-5-3-7-14(16-12)18-2/h3,5,7,13,15H,4,6,8-11H2,1-2H3. The van der Waals surface area contributed by atoms with E-state index in [1.807, 2.05) is 12.1 Å². The summed E-state index contributed by atoms with van der Waals surface area (Å²) in [5.41, 5.74) is 1.08. The fourth-order valence-electron chi connectivity index (χ4n) is 2.49. The minimum atomic E-state index is 0.660. The van der Waals surface area contributed by atoms with Crippen LogP contribution >= 0.6 is 0 Å². The SMILES string of the molecule is COc1cccc(CN(C)C2CCCNCC2)n1. The van der Waals surface area contributed by atoms with E-state index in [0.717, 1.165) is 25.3 Å². The molecule has 4 nitrogen and oxygen atoms in total. The van der Waals surface area contributed by atoms with Gasteiger partial charge in [0.05, 0.1) is 12.8 Å². The van der Waals surface area contributed by atoms with Gasteiger partial charge in [0, 0.05) is 18.7 Å². The van der Waals surface area contributed by atoms with Gasteiger partial charge in [-0.15, -0.1) is 0 Å². The van der Waals surface area contributed by atoms with Crippen LogP contribution < -0.4 is 10.1 Å². The van der Waals surface area contributed by atoms with E-state index < -0.39 is 0 Å². The second-order valence-corrected chi connectivity index (χ2v) is 4.92. The highest BCUT2D eigenvalue weighted by molar-refractivity contribution is 5.15. The molecule has 0 amide bonds. The van der Waals surface area contributed by atoms with Gasteiger partial charge in [-0.3, -0.25) is 4.90 Å². The molecule has 2 heterocycles. The average molecular weight is 249 g/mol. The quantitative estimate of drug-likeness (QED) is 0.880. The Morgan fingerprint density at radius 1 is 1.39 bits per heavy atom. The molecule has 18 heavy (non-hydrogen) atoms. The zero-order chi connectivity index (χ0) is 12.8. The minimum Gasteiger partial charge on any atom is -0.481 e. The highest BCUT2D eigenvalue weighted by Gasteiger charge is 2.17. The number of hydrogen-bond donors (Lipinski definition) is 1. The Morgan fingerprint density at radius 3 is 3.11 bits per heavy atom. The molecule has 1 saturated heterocycles. The minimum absolute atomic E-state index is 0.660. The number of nitrogens with zero attached hydrogens (tertiary/aromatic N) is 2. The molecule has 1 aliphatic heterocycles. The van der Waals surface area contributed by atoms with E-state index in [9.17, 15) is 0 Å². The summed E-state index contributed by atoms with van der Waals surface area (Å²) in [6, 6.07) is 6.62. The molecule has 0 spiro atoms. The zero-order valence-electron chi connectivity index (χ0n) is 11.4. The lowest BCUT2D eigenvalue weighted by Gasteiger charge is -2.26. The Labute approximate surface area is 109 Å². The van der Waals surface area contributed by atoms with Crippen LogP contribution in [-0.4, -0.2) is 43.2 Å². The maximum atomic E-state index is 5.16. The number of aromatic nitrogens is 1. The predicted octanol–water partition coefficient (Wildman–Crippen LogP) is 1.66. The van der Waals surface area contributed by atoms with Crippen LogP contribution in [0.15, 0.2) is 18.2 Å². The number of hydrogen-bond acceptors (Lipinski definition) is 4. The first-order valence-corrected chi connectivity index (χ1v) is 6.70. The van der Waals surface area contributed by atoms with Crippen molar-refractivity contribution in [1.29, 1.82) is 0 Å². The van der Waals surface area contributed by atoms with Crippen molar-refractivity contribution in [2.45, 2.75) is 31.8 Å². The summed E-state index contributed by atoms with van der Waals surface area (Å²) >= 11 is 0. The van der Waals surface area contributed by atoms with Crippen LogP contribution in [0.4, 0.5) is 0 Å². The third-order valence-corrected chi connectivity index (χ3v) is 3.57. The van der Waals surface area contributed by atoms with Crippen molar-refractivity contribution in [1.82, 2.24) is 15.2 Å². The van der Waals surface area contributed by atoms with Gasteiger partial charge >= 0.3 is 0 Å². The van der Waals surface area contributed by atoms with Crippen LogP contribution in [0.25, 0.3) is 0 Å². The molecule has 0 aliphatic carbocycles. The van der Waals surface area contributed by atoms with Gasteiger partial charge in [-0.25, -0.2) is 4.98 Å². The van der Waals surface area contributed by atoms with Crippen molar-refractivity contribution >= 4 is 0 Å². The second kappa shape index (κ2) is 6.71. The fraction of sp³-hybridized carbons (Fsp3) is 0.643. The molecule has 1 N–H and O–H groups in total. The monoisotopic (exact) mass is 249 g/mol. The van der Waals surface area contributed by atoms with Crippen LogP contribution in [-0.2, 0) is 6.54 Å². The van der Waals surface area contributed by atoms with E-state index in [-0.39, 0.29) is 0 Å². The molecular weight excluding hydrogens is 226 g/mol. The van der Waals surface area contributed by atoms with E-state index in [1.54, 1.807) is 7.11 Å². The van der Waals surface area contributed by atoms with E-state index in [4.69, 9.17) is 4.74 Å².